The van der Waals surface area contributed by atoms with E-state index >= 15 is 0 Å². The Kier molecular flexibility index (Phi) is 5.63. The smallest absolute Gasteiger partial charge is 0.341 e. The Bertz CT molecular complexity index is 474. The molecule has 6 heteroatoms. The lowest BCUT2D eigenvalue weighted by Crippen LogP contribution is -2.14. The van der Waals surface area contributed by atoms with Gasteiger partial charge in [0.1, 0.15) is 5.75 Å². The highest BCUT2D eigenvalue weighted by atomic mass is 35.5. The largest absolute Gasteiger partial charge is 0.480 e. The fraction of sp³-hybridized carbons (Fsp3) is 0.385. The van der Waals surface area contributed by atoms with Gasteiger partial charge in [0, 0.05) is 12.1 Å². The molecule has 0 heterocycles. The van der Waals surface area contributed by atoms with Crippen LogP contribution in [0.4, 0.5) is 5.69 Å². The molecule has 0 saturated heterocycles. The molecule has 1 amide bonds. The number of aliphatic carboxylic acids is 1. The Balaban J connectivity index is 2.66. The zero-order chi connectivity index (χ0) is 14.4. The number of amides is 1. The van der Waals surface area contributed by atoms with E-state index in [4.69, 9.17) is 21.4 Å². The Morgan fingerprint density at radius 2 is 2.11 bits per heavy atom. The molecule has 1 aromatic rings. The number of anilines is 1. The standard InChI is InChI=1S/C13H16ClNO4/c1-8(2)5-12(16)15-9-3-4-11(10(14)6-9)19-7-13(17)18/h3-4,6,8H,5,7H2,1-2H3,(H,15,16)(H,17,18). The van der Waals surface area contributed by atoms with Crippen LogP contribution < -0.4 is 10.1 Å². The monoisotopic (exact) mass is 285 g/mol. The van der Waals surface area contributed by atoms with Crippen molar-refractivity contribution in [3.8, 4) is 5.75 Å². The molecule has 1 aromatic carbocycles. The van der Waals surface area contributed by atoms with E-state index in [0.717, 1.165) is 0 Å². The van der Waals surface area contributed by atoms with Gasteiger partial charge in [0.15, 0.2) is 6.61 Å². The number of ether oxygens (including phenoxy) is 1. The first-order valence-corrected chi connectivity index (χ1v) is 6.20. The van der Waals surface area contributed by atoms with Gasteiger partial charge in [-0.25, -0.2) is 4.79 Å². The molecule has 0 fully saturated rings. The third-order valence-corrected chi connectivity index (χ3v) is 2.46. The van der Waals surface area contributed by atoms with Crippen molar-refractivity contribution in [1.29, 1.82) is 0 Å². The molecule has 0 aromatic heterocycles. The molecule has 0 saturated carbocycles. The summed E-state index contributed by atoms with van der Waals surface area (Å²) >= 11 is 5.93. The highest BCUT2D eigenvalue weighted by Crippen LogP contribution is 2.27. The van der Waals surface area contributed by atoms with Crippen LogP contribution in [0.15, 0.2) is 18.2 Å². The minimum atomic E-state index is -1.08. The van der Waals surface area contributed by atoms with E-state index in [1.165, 1.54) is 12.1 Å². The Morgan fingerprint density at radius 1 is 1.42 bits per heavy atom. The van der Waals surface area contributed by atoms with Crippen LogP contribution in [0.1, 0.15) is 20.3 Å². The van der Waals surface area contributed by atoms with Crippen LogP contribution in [0, 0.1) is 5.92 Å². The summed E-state index contributed by atoms with van der Waals surface area (Å²) in [7, 11) is 0. The summed E-state index contributed by atoms with van der Waals surface area (Å²) in [6.07, 6.45) is 0.425. The summed E-state index contributed by atoms with van der Waals surface area (Å²) in [6.45, 7) is 3.45. The zero-order valence-corrected chi connectivity index (χ0v) is 11.5. The average molecular weight is 286 g/mol. The molecule has 0 unspecified atom stereocenters. The second kappa shape index (κ2) is 6.99. The lowest BCUT2D eigenvalue weighted by Gasteiger charge is -2.10. The van der Waals surface area contributed by atoms with E-state index in [0.29, 0.717) is 12.1 Å². The molecule has 0 atom stereocenters. The molecule has 5 nitrogen and oxygen atoms in total. The Morgan fingerprint density at radius 3 is 2.63 bits per heavy atom. The molecule has 0 aliphatic rings. The van der Waals surface area contributed by atoms with Crippen molar-refractivity contribution in [1.82, 2.24) is 0 Å². The van der Waals surface area contributed by atoms with Gasteiger partial charge in [-0.1, -0.05) is 25.4 Å². The lowest BCUT2D eigenvalue weighted by atomic mass is 10.1. The molecule has 19 heavy (non-hydrogen) atoms. The topological polar surface area (TPSA) is 75.6 Å². The summed E-state index contributed by atoms with van der Waals surface area (Å²) < 4.78 is 4.98. The maximum atomic E-state index is 11.6. The fourth-order valence-corrected chi connectivity index (χ4v) is 1.65. The van der Waals surface area contributed by atoms with Crippen LogP contribution in [-0.2, 0) is 9.59 Å². The van der Waals surface area contributed by atoms with Crippen LogP contribution in [0.3, 0.4) is 0 Å². The second-order valence-corrected chi connectivity index (χ2v) is 4.88. The zero-order valence-electron chi connectivity index (χ0n) is 10.8. The molecular formula is C13H16ClNO4. The molecule has 2 N–H and O–H groups in total. The number of halogens is 1. The fourth-order valence-electron chi connectivity index (χ4n) is 1.42. The molecule has 0 bridgehead atoms. The Labute approximate surface area is 116 Å². The van der Waals surface area contributed by atoms with Crippen LogP contribution >= 0.6 is 11.6 Å². The van der Waals surface area contributed by atoms with Crippen molar-refractivity contribution in [2.45, 2.75) is 20.3 Å². The Hall–Kier alpha value is -1.75. The van der Waals surface area contributed by atoms with Crippen molar-refractivity contribution in [2.24, 2.45) is 5.92 Å². The number of hydrogen-bond acceptors (Lipinski definition) is 3. The third kappa shape index (κ3) is 5.61. The predicted molar refractivity (Wildman–Crippen MR) is 72.7 cm³/mol. The SMILES string of the molecule is CC(C)CC(=O)Nc1ccc(OCC(=O)O)c(Cl)c1. The van der Waals surface area contributed by atoms with Crippen molar-refractivity contribution < 1.29 is 19.4 Å². The second-order valence-electron chi connectivity index (χ2n) is 4.47. The molecule has 0 aliphatic carbocycles. The molecule has 0 radical (unpaired) electrons. The van der Waals surface area contributed by atoms with E-state index in [-0.39, 0.29) is 22.6 Å². The summed E-state index contributed by atoms with van der Waals surface area (Å²) in [5, 5.41) is 11.5. The van der Waals surface area contributed by atoms with E-state index < -0.39 is 12.6 Å². The van der Waals surface area contributed by atoms with Crippen LogP contribution in [0.25, 0.3) is 0 Å². The first kappa shape index (κ1) is 15.3. The highest BCUT2D eigenvalue weighted by molar-refractivity contribution is 6.32. The molecule has 0 spiro atoms. The van der Waals surface area contributed by atoms with Gasteiger partial charge in [0.05, 0.1) is 5.02 Å². The summed E-state index contributed by atoms with van der Waals surface area (Å²) in [5.41, 5.74) is 0.554. The van der Waals surface area contributed by atoms with Gasteiger partial charge in [-0.2, -0.15) is 0 Å². The van der Waals surface area contributed by atoms with Crippen molar-refractivity contribution in [2.75, 3.05) is 11.9 Å². The number of carboxylic acid groups (broad SMARTS) is 1. The lowest BCUT2D eigenvalue weighted by molar-refractivity contribution is -0.139. The van der Waals surface area contributed by atoms with Crippen molar-refractivity contribution in [3.05, 3.63) is 23.2 Å². The summed E-state index contributed by atoms with van der Waals surface area (Å²) in [4.78, 5) is 21.9. The number of carbonyl (C=O) groups is 2. The van der Waals surface area contributed by atoms with Gasteiger partial charge in [-0.3, -0.25) is 4.79 Å². The first-order valence-electron chi connectivity index (χ1n) is 5.82. The molecule has 104 valence electrons. The minimum absolute atomic E-state index is 0.0923. The number of hydrogen-bond donors (Lipinski definition) is 2. The molecule has 0 aliphatic heterocycles. The van der Waals surface area contributed by atoms with Gasteiger partial charge in [-0.05, 0) is 24.1 Å². The summed E-state index contributed by atoms with van der Waals surface area (Å²) in [6, 6.07) is 4.66. The van der Waals surface area contributed by atoms with E-state index in [1.807, 2.05) is 13.8 Å². The molecular weight excluding hydrogens is 270 g/mol. The number of nitrogens with one attached hydrogen (secondary N) is 1. The van der Waals surface area contributed by atoms with Gasteiger partial charge in [0.2, 0.25) is 5.91 Å². The van der Waals surface area contributed by atoms with Gasteiger partial charge in [-0.15, -0.1) is 0 Å². The first-order chi connectivity index (χ1) is 8.88. The number of carbonyl (C=O) groups excluding carboxylic acids is 1. The number of carboxylic acids is 1. The van der Waals surface area contributed by atoms with E-state index in [9.17, 15) is 9.59 Å². The quantitative estimate of drug-likeness (QED) is 0.843. The van der Waals surface area contributed by atoms with Crippen LogP contribution in [0.5, 0.6) is 5.75 Å². The molecule has 1 rings (SSSR count). The normalized spacial score (nSPS) is 10.3. The van der Waals surface area contributed by atoms with E-state index in [1.54, 1.807) is 6.07 Å². The van der Waals surface area contributed by atoms with Crippen LogP contribution in [-0.4, -0.2) is 23.6 Å². The number of rotatable bonds is 6. The van der Waals surface area contributed by atoms with Crippen LogP contribution in [0.2, 0.25) is 5.02 Å². The number of benzene rings is 1. The van der Waals surface area contributed by atoms with Crippen molar-refractivity contribution in [3.63, 3.8) is 0 Å². The average Bonchev–Trinajstić information content (AvgIpc) is 2.26. The van der Waals surface area contributed by atoms with Gasteiger partial charge >= 0.3 is 5.97 Å². The minimum Gasteiger partial charge on any atom is -0.480 e. The maximum Gasteiger partial charge on any atom is 0.341 e. The van der Waals surface area contributed by atoms with Gasteiger partial charge in [0.25, 0.3) is 0 Å². The van der Waals surface area contributed by atoms with E-state index in [2.05, 4.69) is 5.32 Å². The van der Waals surface area contributed by atoms with Crippen molar-refractivity contribution >= 4 is 29.2 Å². The summed E-state index contributed by atoms with van der Waals surface area (Å²) in [5.74, 6) is -0.629. The third-order valence-electron chi connectivity index (χ3n) is 2.16. The highest BCUT2D eigenvalue weighted by Gasteiger charge is 2.08. The predicted octanol–water partition coefficient (Wildman–Crippen LogP) is 2.79. The maximum absolute atomic E-state index is 11.6. The van der Waals surface area contributed by atoms with Gasteiger partial charge < -0.3 is 15.2 Å².